The summed E-state index contributed by atoms with van der Waals surface area (Å²) in [5, 5.41) is 3.59. The Bertz CT molecular complexity index is 1190. The molecule has 0 bridgehead atoms. The largest absolute Gasteiger partial charge is 0.0868 e. The molecule has 0 aliphatic carbocycles. The van der Waals surface area contributed by atoms with Crippen LogP contribution in [0.2, 0.25) is 0 Å². The molecule has 37 heavy (non-hydrogen) atoms. The Morgan fingerprint density at radius 2 is 1.03 bits per heavy atom. The average Bonchev–Trinajstić information content (AvgIpc) is 2.83. The molecule has 0 saturated heterocycles. The van der Waals surface area contributed by atoms with E-state index < -0.39 is 6.04 Å². The van der Waals surface area contributed by atoms with Gasteiger partial charge in [-0.1, -0.05) is 159 Å². The highest BCUT2D eigenvalue weighted by Gasteiger charge is 2.31. The fourth-order valence-corrected chi connectivity index (χ4v) is 10.8. The molecular weight excluding hydrogens is 756 g/mol. The highest BCUT2D eigenvalue weighted by atomic mass is 128. The van der Waals surface area contributed by atoms with Gasteiger partial charge in [-0.3, -0.25) is 0 Å². The Morgan fingerprint density at radius 3 is 1.32 bits per heavy atom. The average molecular weight is 795 g/mol. The second-order valence-electron chi connectivity index (χ2n) is 12.3. The summed E-state index contributed by atoms with van der Waals surface area (Å²) in [4.78, 5) is 0. The molecule has 0 atom stereocenters. The van der Waals surface area contributed by atoms with Crippen LogP contribution in [0.15, 0.2) is 72.8 Å². The number of rotatable bonds is 4. The van der Waals surface area contributed by atoms with Crippen LogP contribution in [0.1, 0.15) is 79.0 Å². The van der Waals surface area contributed by atoms with Crippen molar-refractivity contribution in [1.29, 1.82) is 0 Å². The molecule has 3 aromatic carbocycles. The van der Waals surface area contributed by atoms with Gasteiger partial charge in [-0.05, 0) is 51.7 Å². The van der Waals surface area contributed by atoms with Crippen molar-refractivity contribution in [2.75, 3.05) is 0 Å². The minimum Gasteiger partial charge on any atom is -0.0813 e. The minimum atomic E-state index is -2.37. The van der Waals surface area contributed by atoms with Crippen LogP contribution in [0.25, 0.3) is 0 Å². The fourth-order valence-electron chi connectivity index (χ4n) is 4.13. The van der Waals surface area contributed by atoms with Crippen LogP contribution in [0.3, 0.4) is 0 Å². The predicted octanol–water partition coefficient (Wildman–Crippen LogP) is 10.4. The fraction of sp³-hybridized carbons (Fsp3) is 0.387. The first-order chi connectivity index (χ1) is 17.1. The van der Waals surface area contributed by atoms with E-state index in [9.17, 15) is 0 Å². The van der Waals surface area contributed by atoms with Crippen LogP contribution in [0.4, 0.5) is 0 Å². The standard InChI is InChI=1S/C31H39ClP2S.I2/c1-29(2,3)22-20-25(30(4,5)6)27(26(21-22)31(7,8)9)33-28(32)34(35,23-16-12-10-13-17-23)24-18-14-11-15-19-24;1-2/h10-21H,1-9H3;. The Kier molecular flexibility index (Phi) is 12.0. The maximum Gasteiger partial charge on any atom is 0.0868 e. The van der Waals surface area contributed by atoms with Gasteiger partial charge in [0.15, 0.2) is 0 Å². The van der Waals surface area contributed by atoms with E-state index in [4.69, 9.17) is 23.4 Å². The smallest absolute Gasteiger partial charge is 0.0813 e. The Hall–Kier alpha value is 0.230. The maximum atomic E-state index is 7.41. The summed E-state index contributed by atoms with van der Waals surface area (Å²) in [6, 6.07) is 23.4. The van der Waals surface area contributed by atoms with Crippen molar-refractivity contribution in [1.82, 2.24) is 0 Å². The lowest BCUT2D eigenvalue weighted by Gasteiger charge is -2.33. The summed E-state index contributed by atoms with van der Waals surface area (Å²) in [5.41, 5.74) is 4.10. The first-order valence-electron chi connectivity index (χ1n) is 12.4. The molecule has 0 aliphatic heterocycles. The summed E-state index contributed by atoms with van der Waals surface area (Å²) in [6.07, 6.45) is 0. The Labute approximate surface area is 260 Å². The predicted molar refractivity (Wildman–Crippen MR) is 194 cm³/mol. The van der Waals surface area contributed by atoms with Crippen molar-refractivity contribution < 1.29 is 0 Å². The molecule has 0 amide bonds. The molecule has 0 aliphatic rings. The molecule has 6 heteroatoms. The normalized spacial score (nSPS) is 13.1. The molecule has 0 radical (unpaired) electrons. The maximum absolute atomic E-state index is 7.41. The molecule has 0 unspecified atom stereocenters. The highest BCUT2D eigenvalue weighted by molar-refractivity contribution is 15.0. The summed E-state index contributed by atoms with van der Waals surface area (Å²) in [7, 11) is 1.01. The van der Waals surface area contributed by atoms with Gasteiger partial charge in [0.2, 0.25) is 0 Å². The Balaban J connectivity index is 0.00000235. The van der Waals surface area contributed by atoms with Crippen molar-refractivity contribution >= 4 is 95.3 Å². The number of halogens is 3. The third-order valence-electron chi connectivity index (χ3n) is 6.30. The molecule has 0 aromatic heterocycles. The van der Waals surface area contributed by atoms with Gasteiger partial charge in [-0.2, -0.15) is 0 Å². The lowest BCUT2D eigenvalue weighted by atomic mass is 9.75. The molecule has 3 aromatic rings. The molecular formula is C31H39ClI2P2S. The second kappa shape index (κ2) is 13.3. The van der Waals surface area contributed by atoms with Crippen LogP contribution >= 0.6 is 63.1 Å². The summed E-state index contributed by atoms with van der Waals surface area (Å²) in [5.74, 6) is 0. The molecule has 3 rings (SSSR count). The monoisotopic (exact) mass is 794 g/mol. The van der Waals surface area contributed by atoms with Crippen molar-refractivity contribution in [3.63, 3.8) is 0 Å². The zero-order chi connectivity index (χ0) is 28.2. The highest BCUT2D eigenvalue weighted by Crippen LogP contribution is 2.50. The van der Waals surface area contributed by atoms with Crippen LogP contribution < -0.4 is 15.9 Å². The molecule has 0 N–H and O–H groups in total. The van der Waals surface area contributed by atoms with E-state index in [0.717, 1.165) is 23.3 Å². The van der Waals surface area contributed by atoms with Crippen molar-refractivity contribution in [3.05, 3.63) is 89.5 Å². The topological polar surface area (TPSA) is 0 Å². The van der Waals surface area contributed by atoms with Crippen molar-refractivity contribution in [2.45, 2.75) is 78.6 Å². The van der Waals surface area contributed by atoms with Crippen LogP contribution in [-0.4, -0.2) is 4.49 Å². The summed E-state index contributed by atoms with van der Waals surface area (Å²) in [6.45, 7) is 20.7. The molecule has 0 spiro atoms. The number of benzene rings is 3. The molecule has 0 fully saturated rings. The van der Waals surface area contributed by atoms with Gasteiger partial charge in [0, 0.05) is 42.5 Å². The quantitative estimate of drug-likeness (QED) is 0.187. The molecule has 0 saturated carbocycles. The van der Waals surface area contributed by atoms with Gasteiger partial charge >= 0.3 is 0 Å². The molecule has 200 valence electrons. The minimum absolute atomic E-state index is 0.0250. The van der Waals surface area contributed by atoms with Crippen molar-refractivity contribution in [2.24, 2.45) is 0 Å². The lowest BCUT2D eigenvalue weighted by Crippen LogP contribution is -2.30. The van der Waals surface area contributed by atoms with Crippen LogP contribution in [0, 0.1) is 0 Å². The zero-order valence-corrected chi connectivity index (χ0v) is 31.0. The summed E-state index contributed by atoms with van der Waals surface area (Å²) >= 11 is 18.2. The Morgan fingerprint density at radius 1 is 0.676 bits per heavy atom. The number of hydrogen-bond donors (Lipinski definition) is 0. The molecule has 0 heterocycles. The molecule has 0 nitrogen and oxygen atoms in total. The lowest BCUT2D eigenvalue weighted by molar-refractivity contribution is 0.554. The van der Waals surface area contributed by atoms with E-state index in [0.29, 0.717) is 0 Å². The van der Waals surface area contributed by atoms with Gasteiger partial charge < -0.3 is 0 Å². The van der Waals surface area contributed by atoms with E-state index >= 15 is 0 Å². The van der Waals surface area contributed by atoms with E-state index in [-0.39, 0.29) is 16.2 Å². The van der Waals surface area contributed by atoms with Gasteiger partial charge in [0.1, 0.15) is 0 Å². The van der Waals surface area contributed by atoms with Crippen molar-refractivity contribution in [3.8, 4) is 0 Å². The van der Waals surface area contributed by atoms with E-state index in [2.05, 4.69) is 160 Å². The third-order valence-corrected chi connectivity index (χ3v) is 14.5. The van der Waals surface area contributed by atoms with E-state index in [1.807, 2.05) is 12.1 Å². The van der Waals surface area contributed by atoms with Crippen LogP contribution in [0.5, 0.6) is 0 Å². The first-order valence-corrected chi connectivity index (χ1v) is 22.7. The third kappa shape index (κ3) is 8.14. The second-order valence-corrected chi connectivity index (χ2v) is 19.0. The van der Waals surface area contributed by atoms with Crippen LogP contribution in [-0.2, 0) is 28.1 Å². The van der Waals surface area contributed by atoms with Gasteiger partial charge in [0.05, 0.1) is 10.5 Å². The van der Waals surface area contributed by atoms with Gasteiger partial charge in [-0.25, -0.2) is 0 Å². The summed E-state index contributed by atoms with van der Waals surface area (Å²) < 4.78 is 0.851. The van der Waals surface area contributed by atoms with E-state index in [1.54, 1.807) is 0 Å². The zero-order valence-electron chi connectivity index (χ0n) is 23.4. The van der Waals surface area contributed by atoms with Gasteiger partial charge in [-0.15, -0.1) is 0 Å². The number of hydrogen-bond acceptors (Lipinski definition) is 1. The first kappa shape index (κ1) is 33.4. The SMILES string of the molecule is CC(C)(C)c1cc(C(C)(C)C)c(P=C(Cl)P(=S)(c2ccccc2)c2ccccc2)c(C(C)(C)C)c1.II. The van der Waals surface area contributed by atoms with E-state index in [1.165, 1.54) is 22.0 Å². The van der Waals surface area contributed by atoms with Gasteiger partial charge in [0.25, 0.3) is 0 Å².